The average molecular weight is 434 g/mol. The van der Waals surface area contributed by atoms with Gasteiger partial charge in [0, 0.05) is 13.1 Å². The Labute approximate surface area is 187 Å². The molecule has 1 atom stereocenters. The molecule has 1 heterocycles. The third-order valence-electron chi connectivity index (χ3n) is 5.10. The molecule has 4 nitrogen and oxygen atoms in total. The Kier molecular flexibility index (Phi) is 8.06. The minimum atomic E-state index is 0. The van der Waals surface area contributed by atoms with Crippen LogP contribution >= 0.6 is 12.4 Å². The van der Waals surface area contributed by atoms with E-state index in [0.717, 1.165) is 30.3 Å². The molecule has 30 heavy (non-hydrogen) atoms. The second-order valence-electron chi connectivity index (χ2n) is 9.73. The molecule has 3 rings (SSSR count). The Morgan fingerprint density at radius 1 is 0.900 bits per heavy atom. The second-order valence-corrected chi connectivity index (χ2v) is 9.73. The largest absolute Gasteiger partial charge is 0.492 e. The summed E-state index contributed by atoms with van der Waals surface area (Å²) in [4.78, 5) is 0. The zero-order valence-corrected chi connectivity index (χ0v) is 19.9. The van der Waals surface area contributed by atoms with Crippen LogP contribution in [-0.4, -0.2) is 32.4 Å². The Balaban J connectivity index is 0.00000320. The maximum atomic E-state index is 6.33. The molecular weight excluding hydrogens is 398 g/mol. The van der Waals surface area contributed by atoms with Gasteiger partial charge in [-0.2, -0.15) is 0 Å². The summed E-state index contributed by atoms with van der Waals surface area (Å²) in [5, 5.41) is 3.44. The molecule has 0 saturated carbocycles. The highest BCUT2D eigenvalue weighted by Crippen LogP contribution is 2.39. The molecule has 0 fully saturated rings. The number of halogens is 1. The van der Waals surface area contributed by atoms with E-state index in [1.165, 1.54) is 11.1 Å². The lowest BCUT2D eigenvalue weighted by Crippen LogP contribution is -2.39. The van der Waals surface area contributed by atoms with E-state index in [-0.39, 0.29) is 29.3 Å². The monoisotopic (exact) mass is 433 g/mol. The standard InChI is InChI=1S/C25H35NO3.ClH/c1-24(2,3)19-10-9-11-20(25(4,5)6)23(19)27-15-14-26-16-18-17-28-21-12-7-8-13-22(21)29-18;/h7-13,18,26H,14-17H2,1-6H3;1H/t18-;/m1./s1. The van der Waals surface area contributed by atoms with Crippen molar-refractivity contribution in [1.82, 2.24) is 5.32 Å². The molecule has 0 aromatic heterocycles. The smallest absolute Gasteiger partial charge is 0.161 e. The van der Waals surface area contributed by atoms with E-state index in [9.17, 15) is 0 Å². The van der Waals surface area contributed by atoms with Crippen molar-refractivity contribution < 1.29 is 14.2 Å². The average Bonchev–Trinajstić information content (AvgIpc) is 2.66. The normalized spacial score (nSPS) is 16.0. The maximum absolute atomic E-state index is 6.33. The van der Waals surface area contributed by atoms with Crippen LogP contribution in [0.25, 0.3) is 0 Å². The quantitative estimate of drug-likeness (QED) is 0.609. The molecule has 166 valence electrons. The minimum Gasteiger partial charge on any atom is -0.492 e. The third-order valence-corrected chi connectivity index (χ3v) is 5.10. The predicted octanol–water partition coefficient (Wildman–Crippen LogP) is 5.51. The van der Waals surface area contributed by atoms with Crippen LogP contribution < -0.4 is 19.5 Å². The molecule has 0 amide bonds. The molecule has 1 N–H and O–H groups in total. The summed E-state index contributed by atoms with van der Waals surface area (Å²) in [6, 6.07) is 14.3. The molecule has 0 unspecified atom stereocenters. The van der Waals surface area contributed by atoms with Gasteiger partial charge in [-0.15, -0.1) is 12.4 Å². The van der Waals surface area contributed by atoms with Crippen LogP contribution in [0.1, 0.15) is 52.7 Å². The summed E-state index contributed by atoms with van der Waals surface area (Å²) in [7, 11) is 0. The molecule has 1 aliphatic rings. The predicted molar refractivity (Wildman–Crippen MR) is 126 cm³/mol. The van der Waals surface area contributed by atoms with Gasteiger partial charge in [0.1, 0.15) is 25.1 Å². The van der Waals surface area contributed by atoms with Crippen molar-refractivity contribution >= 4 is 12.4 Å². The first-order valence-corrected chi connectivity index (χ1v) is 10.5. The number of benzene rings is 2. The molecular formula is C25H36ClNO3. The van der Waals surface area contributed by atoms with Crippen LogP contribution in [0.2, 0.25) is 0 Å². The van der Waals surface area contributed by atoms with Gasteiger partial charge in [0.05, 0.1) is 0 Å². The highest BCUT2D eigenvalue weighted by atomic mass is 35.5. The number of rotatable bonds is 6. The molecule has 0 radical (unpaired) electrons. The van der Waals surface area contributed by atoms with Crippen LogP contribution in [0.4, 0.5) is 0 Å². The van der Waals surface area contributed by atoms with E-state index in [1.807, 2.05) is 24.3 Å². The first-order valence-electron chi connectivity index (χ1n) is 10.5. The Hall–Kier alpha value is -1.91. The van der Waals surface area contributed by atoms with Gasteiger partial charge in [0.15, 0.2) is 11.5 Å². The number of ether oxygens (including phenoxy) is 3. The molecule has 1 aliphatic heterocycles. The summed E-state index contributed by atoms with van der Waals surface area (Å²) in [5.41, 5.74) is 2.58. The number of hydrogen-bond acceptors (Lipinski definition) is 4. The van der Waals surface area contributed by atoms with Crippen molar-refractivity contribution in [3.05, 3.63) is 53.6 Å². The molecule has 2 aromatic rings. The van der Waals surface area contributed by atoms with E-state index >= 15 is 0 Å². The van der Waals surface area contributed by atoms with Crippen molar-refractivity contribution in [2.75, 3.05) is 26.3 Å². The van der Waals surface area contributed by atoms with Crippen LogP contribution in [0.3, 0.4) is 0 Å². The fraction of sp³-hybridized carbons (Fsp3) is 0.520. The molecule has 5 heteroatoms. The van der Waals surface area contributed by atoms with Gasteiger partial charge >= 0.3 is 0 Å². The zero-order valence-electron chi connectivity index (χ0n) is 19.1. The van der Waals surface area contributed by atoms with Crippen LogP contribution in [-0.2, 0) is 10.8 Å². The Bertz CT molecular complexity index is 792. The van der Waals surface area contributed by atoms with Gasteiger partial charge in [-0.1, -0.05) is 71.9 Å². The van der Waals surface area contributed by atoms with E-state index in [4.69, 9.17) is 14.2 Å². The SMILES string of the molecule is CC(C)(C)c1cccc(C(C)(C)C)c1OCCNC[C@@H]1COc2ccccc2O1.Cl. The highest BCUT2D eigenvalue weighted by molar-refractivity contribution is 5.85. The molecule has 0 spiro atoms. The van der Waals surface area contributed by atoms with Crippen molar-refractivity contribution in [1.29, 1.82) is 0 Å². The van der Waals surface area contributed by atoms with Gasteiger partial charge in [-0.25, -0.2) is 0 Å². The molecule has 0 bridgehead atoms. The topological polar surface area (TPSA) is 39.7 Å². The van der Waals surface area contributed by atoms with E-state index in [0.29, 0.717) is 13.2 Å². The molecule has 2 aromatic carbocycles. The van der Waals surface area contributed by atoms with Crippen LogP contribution in [0.5, 0.6) is 17.2 Å². The first kappa shape index (κ1) is 24.4. The second kappa shape index (κ2) is 9.93. The number of fused-ring (bicyclic) bond motifs is 1. The van der Waals surface area contributed by atoms with Crippen molar-refractivity contribution in [3.63, 3.8) is 0 Å². The summed E-state index contributed by atoms with van der Waals surface area (Å²) >= 11 is 0. The number of nitrogens with one attached hydrogen (secondary N) is 1. The lowest BCUT2D eigenvalue weighted by molar-refractivity contribution is 0.0897. The van der Waals surface area contributed by atoms with Crippen LogP contribution in [0.15, 0.2) is 42.5 Å². The lowest BCUT2D eigenvalue weighted by atomic mass is 9.79. The fourth-order valence-corrected chi connectivity index (χ4v) is 3.53. The molecule has 0 saturated heterocycles. The van der Waals surface area contributed by atoms with Gasteiger partial charge in [-0.3, -0.25) is 0 Å². The van der Waals surface area contributed by atoms with Gasteiger partial charge in [-0.05, 0) is 34.1 Å². The van der Waals surface area contributed by atoms with Crippen molar-refractivity contribution in [3.8, 4) is 17.2 Å². The Morgan fingerprint density at radius 3 is 2.10 bits per heavy atom. The van der Waals surface area contributed by atoms with E-state index in [1.54, 1.807) is 0 Å². The summed E-state index contributed by atoms with van der Waals surface area (Å²) in [6.45, 7) is 16.1. The first-order chi connectivity index (χ1) is 13.7. The van der Waals surface area contributed by atoms with Gasteiger partial charge in [0.2, 0.25) is 0 Å². The van der Waals surface area contributed by atoms with E-state index in [2.05, 4.69) is 65.1 Å². The maximum Gasteiger partial charge on any atom is 0.161 e. The Morgan fingerprint density at radius 2 is 1.50 bits per heavy atom. The van der Waals surface area contributed by atoms with E-state index < -0.39 is 0 Å². The lowest BCUT2D eigenvalue weighted by Gasteiger charge is -2.29. The third kappa shape index (κ3) is 6.05. The number of hydrogen-bond donors (Lipinski definition) is 1. The van der Waals surface area contributed by atoms with Crippen molar-refractivity contribution in [2.45, 2.75) is 58.5 Å². The van der Waals surface area contributed by atoms with Crippen LogP contribution in [0, 0.1) is 0 Å². The zero-order chi connectivity index (χ0) is 21.1. The van der Waals surface area contributed by atoms with Gasteiger partial charge in [0.25, 0.3) is 0 Å². The van der Waals surface area contributed by atoms with Gasteiger partial charge < -0.3 is 19.5 Å². The fourth-order valence-electron chi connectivity index (χ4n) is 3.53. The molecule has 0 aliphatic carbocycles. The summed E-state index contributed by atoms with van der Waals surface area (Å²) in [6.07, 6.45) is 0.0110. The summed E-state index contributed by atoms with van der Waals surface area (Å²) < 4.78 is 18.1. The minimum absolute atomic E-state index is 0. The summed E-state index contributed by atoms with van der Waals surface area (Å²) in [5.74, 6) is 2.66. The number of para-hydroxylation sites is 3. The highest BCUT2D eigenvalue weighted by Gasteiger charge is 2.26. The van der Waals surface area contributed by atoms with Crippen molar-refractivity contribution in [2.24, 2.45) is 0 Å².